The molecule has 2 N–H and O–H groups in total. The van der Waals surface area contributed by atoms with Crippen LogP contribution in [0.5, 0.6) is 0 Å². The van der Waals surface area contributed by atoms with Gasteiger partial charge in [-0.2, -0.15) is 0 Å². The molecule has 2 aromatic carbocycles. The van der Waals surface area contributed by atoms with E-state index in [2.05, 4.69) is 58.0 Å². The van der Waals surface area contributed by atoms with Gasteiger partial charge >= 0.3 is 0 Å². The summed E-state index contributed by atoms with van der Waals surface area (Å²) in [5, 5.41) is 6.41. The number of carbonyl (C=O) groups excluding carboxylic acids is 2. The van der Waals surface area contributed by atoms with E-state index in [1.165, 1.54) is 11.1 Å². The molecule has 1 fully saturated rings. The molecule has 1 spiro atoms. The Hall–Kier alpha value is -2.66. The summed E-state index contributed by atoms with van der Waals surface area (Å²) >= 11 is 0. The lowest BCUT2D eigenvalue weighted by atomic mass is 9.62. The highest BCUT2D eigenvalue weighted by Gasteiger charge is 2.56. The SMILES string of the molecule is CC(=O)N[C@H]1c2ccccc2CC[C@@]12CN(Cc1ccccc1)C[C@@H]2C(=O)NC(C)C. The van der Waals surface area contributed by atoms with Crippen molar-refractivity contribution in [3.05, 3.63) is 71.3 Å². The lowest BCUT2D eigenvalue weighted by Gasteiger charge is -2.46. The summed E-state index contributed by atoms with van der Waals surface area (Å²) in [5.74, 6) is -0.130. The van der Waals surface area contributed by atoms with E-state index < -0.39 is 0 Å². The van der Waals surface area contributed by atoms with Crippen molar-refractivity contribution < 1.29 is 9.59 Å². The molecule has 1 aliphatic heterocycles. The second kappa shape index (κ2) is 8.83. The van der Waals surface area contributed by atoms with Gasteiger partial charge in [0.05, 0.1) is 12.0 Å². The van der Waals surface area contributed by atoms with Crippen LogP contribution in [0.4, 0.5) is 0 Å². The zero-order chi connectivity index (χ0) is 22.0. The number of carbonyl (C=O) groups is 2. The molecule has 2 aliphatic rings. The van der Waals surface area contributed by atoms with E-state index in [-0.39, 0.29) is 35.2 Å². The van der Waals surface area contributed by atoms with Gasteiger partial charge in [-0.05, 0) is 43.4 Å². The fraction of sp³-hybridized carbons (Fsp3) is 0.462. The van der Waals surface area contributed by atoms with Crippen LogP contribution in [0, 0.1) is 11.3 Å². The average molecular weight is 420 g/mol. The van der Waals surface area contributed by atoms with E-state index in [0.717, 1.165) is 31.5 Å². The summed E-state index contributed by atoms with van der Waals surface area (Å²) in [7, 11) is 0. The molecule has 1 saturated heterocycles. The van der Waals surface area contributed by atoms with Crippen LogP contribution in [0.3, 0.4) is 0 Å². The fourth-order valence-electron chi connectivity index (χ4n) is 5.56. The largest absolute Gasteiger partial charge is 0.354 e. The predicted molar refractivity (Wildman–Crippen MR) is 122 cm³/mol. The molecule has 2 amide bonds. The molecule has 0 unspecified atom stereocenters. The molecular weight excluding hydrogens is 386 g/mol. The summed E-state index contributed by atoms with van der Waals surface area (Å²) in [6.45, 7) is 7.88. The average Bonchev–Trinajstić information content (AvgIpc) is 3.09. The first-order valence-corrected chi connectivity index (χ1v) is 11.3. The Morgan fingerprint density at radius 2 is 1.81 bits per heavy atom. The molecule has 1 aliphatic carbocycles. The number of likely N-dealkylation sites (tertiary alicyclic amines) is 1. The molecule has 0 saturated carbocycles. The van der Waals surface area contributed by atoms with Crippen LogP contribution < -0.4 is 10.6 Å². The maximum atomic E-state index is 13.4. The number of rotatable bonds is 5. The first-order valence-electron chi connectivity index (χ1n) is 11.3. The predicted octanol–water partition coefficient (Wildman–Crippen LogP) is 3.45. The van der Waals surface area contributed by atoms with Gasteiger partial charge in [0, 0.05) is 38.0 Å². The Morgan fingerprint density at radius 1 is 1.10 bits per heavy atom. The normalized spacial score (nSPS) is 25.4. The van der Waals surface area contributed by atoms with Crippen LogP contribution >= 0.6 is 0 Å². The molecule has 1 heterocycles. The molecule has 0 bridgehead atoms. The molecule has 5 nitrogen and oxygen atoms in total. The summed E-state index contributed by atoms with van der Waals surface area (Å²) in [6.07, 6.45) is 1.81. The van der Waals surface area contributed by atoms with Gasteiger partial charge in [-0.25, -0.2) is 0 Å². The maximum Gasteiger partial charge on any atom is 0.225 e. The molecule has 0 aromatic heterocycles. The minimum atomic E-state index is -0.326. The van der Waals surface area contributed by atoms with Gasteiger partial charge in [-0.1, -0.05) is 54.6 Å². The lowest BCUT2D eigenvalue weighted by molar-refractivity contribution is -0.131. The quantitative estimate of drug-likeness (QED) is 0.780. The van der Waals surface area contributed by atoms with Crippen LogP contribution in [0.15, 0.2) is 54.6 Å². The highest BCUT2D eigenvalue weighted by atomic mass is 16.2. The van der Waals surface area contributed by atoms with E-state index in [1.807, 2.05) is 26.0 Å². The number of nitrogens with one attached hydrogen (secondary N) is 2. The van der Waals surface area contributed by atoms with Crippen molar-refractivity contribution in [3.63, 3.8) is 0 Å². The van der Waals surface area contributed by atoms with Crippen molar-refractivity contribution in [2.75, 3.05) is 13.1 Å². The smallest absolute Gasteiger partial charge is 0.225 e. The zero-order valence-electron chi connectivity index (χ0n) is 18.7. The van der Waals surface area contributed by atoms with Crippen LogP contribution in [0.25, 0.3) is 0 Å². The monoisotopic (exact) mass is 419 g/mol. The van der Waals surface area contributed by atoms with Crippen LogP contribution in [-0.4, -0.2) is 35.8 Å². The molecule has 5 heteroatoms. The van der Waals surface area contributed by atoms with Crippen LogP contribution in [0.2, 0.25) is 0 Å². The van der Waals surface area contributed by atoms with Gasteiger partial charge < -0.3 is 10.6 Å². The molecule has 0 radical (unpaired) electrons. The van der Waals surface area contributed by atoms with Crippen molar-refractivity contribution in [2.24, 2.45) is 11.3 Å². The Morgan fingerprint density at radius 3 is 2.52 bits per heavy atom. The zero-order valence-corrected chi connectivity index (χ0v) is 18.7. The number of fused-ring (bicyclic) bond motifs is 1. The number of hydrogen-bond donors (Lipinski definition) is 2. The molecule has 2 aromatic rings. The maximum absolute atomic E-state index is 13.4. The number of amides is 2. The summed E-state index contributed by atoms with van der Waals surface area (Å²) in [4.78, 5) is 28.1. The third-order valence-corrected chi connectivity index (χ3v) is 6.80. The van der Waals surface area contributed by atoms with E-state index in [0.29, 0.717) is 6.54 Å². The minimum Gasteiger partial charge on any atom is -0.354 e. The van der Waals surface area contributed by atoms with Gasteiger partial charge in [-0.3, -0.25) is 14.5 Å². The lowest BCUT2D eigenvalue weighted by Crippen LogP contribution is -2.52. The van der Waals surface area contributed by atoms with E-state index in [9.17, 15) is 9.59 Å². The molecule has 3 atom stereocenters. The Balaban J connectivity index is 1.73. The third kappa shape index (κ3) is 4.38. The number of nitrogens with zero attached hydrogens (tertiary/aromatic N) is 1. The molecular formula is C26H33N3O2. The minimum absolute atomic E-state index is 0.0504. The Labute approximate surface area is 185 Å². The van der Waals surface area contributed by atoms with Crippen LogP contribution in [-0.2, 0) is 22.6 Å². The van der Waals surface area contributed by atoms with Crippen molar-refractivity contribution in [3.8, 4) is 0 Å². The topological polar surface area (TPSA) is 61.4 Å². The summed E-state index contributed by atoms with van der Waals surface area (Å²) in [5.41, 5.74) is 3.35. The van der Waals surface area contributed by atoms with E-state index in [4.69, 9.17) is 0 Å². The Kier molecular flexibility index (Phi) is 6.15. The van der Waals surface area contributed by atoms with Crippen molar-refractivity contribution in [2.45, 2.75) is 52.2 Å². The second-order valence-corrected chi connectivity index (χ2v) is 9.44. The van der Waals surface area contributed by atoms with Crippen LogP contribution in [0.1, 0.15) is 49.9 Å². The van der Waals surface area contributed by atoms with E-state index >= 15 is 0 Å². The standard InChI is InChI=1S/C26H33N3O2/c1-18(2)27-25(31)23-16-29(15-20-9-5-4-6-10-20)17-26(23)14-13-21-11-7-8-12-22(21)24(26)28-19(3)30/h4-12,18,23-24H,13-17H2,1-3H3,(H,27,31)(H,28,30)/t23-,24+,26+/m1/s1. The van der Waals surface area contributed by atoms with Crippen molar-refractivity contribution >= 4 is 11.8 Å². The number of hydrogen-bond acceptors (Lipinski definition) is 3. The highest BCUT2D eigenvalue weighted by molar-refractivity contribution is 5.81. The second-order valence-electron chi connectivity index (χ2n) is 9.44. The summed E-state index contributed by atoms with van der Waals surface area (Å²) in [6, 6.07) is 18.7. The van der Waals surface area contributed by atoms with Gasteiger partial charge in [0.15, 0.2) is 0 Å². The van der Waals surface area contributed by atoms with Gasteiger partial charge in [-0.15, -0.1) is 0 Å². The van der Waals surface area contributed by atoms with Gasteiger partial charge in [0.2, 0.25) is 11.8 Å². The van der Waals surface area contributed by atoms with Gasteiger partial charge in [0.25, 0.3) is 0 Å². The van der Waals surface area contributed by atoms with Gasteiger partial charge in [0.1, 0.15) is 0 Å². The number of aryl methyl sites for hydroxylation is 1. The third-order valence-electron chi connectivity index (χ3n) is 6.80. The number of benzene rings is 2. The molecule has 31 heavy (non-hydrogen) atoms. The molecule has 164 valence electrons. The first kappa shape index (κ1) is 21.6. The first-order chi connectivity index (χ1) is 14.9. The summed E-state index contributed by atoms with van der Waals surface area (Å²) < 4.78 is 0. The fourth-order valence-corrected chi connectivity index (χ4v) is 5.56. The van der Waals surface area contributed by atoms with Crippen molar-refractivity contribution in [1.29, 1.82) is 0 Å². The Bertz CT molecular complexity index is 943. The highest BCUT2D eigenvalue weighted by Crippen LogP contribution is 2.53. The van der Waals surface area contributed by atoms with Crippen molar-refractivity contribution in [1.82, 2.24) is 15.5 Å². The van der Waals surface area contributed by atoms with E-state index in [1.54, 1.807) is 6.92 Å². The molecule has 4 rings (SSSR count).